The van der Waals surface area contributed by atoms with Crippen molar-refractivity contribution in [2.75, 3.05) is 19.4 Å². The van der Waals surface area contributed by atoms with Crippen LogP contribution in [0.3, 0.4) is 0 Å². The third-order valence-corrected chi connectivity index (χ3v) is 7.86. The van der Waals surface area contributed by atoms with Crippen molar-refractivity contribution in [2.24, 2.45) is 0 Å². The number of rotatable bonds is 4. The standard InChI is InChI=1S/C26H20F2N2O5S/c1-36(32,33)17-4-2-14(3-5-17)22-11-21-25(35-22)19(8-9-29-21)18-6-7-20(27)23(24(18)28)26(31)30-12-16-10-15(30)13-34-16/h2-9,11,15-16H,10,12-13H2,1H3/t15-,16-/m1/s1. The molecular formula is C26H20F2N2O5S. The summed E-state index contributed by atoms with van der Waals surface area (Å²) in [5.74, 6) is -2.19. The maximum atomic E-state index is 15.7. The lowest BCUT2D eigenvalue weighted by molar-refractivity contribution is 0.0253. The molecule has 2 aliphatic heterocycles. The van der Waals surface area contributed by atoms with Gasteiger partial charge in [0.15, 0.2) is 15.4 Å². The number of morpholine rings is 1. The molecule has 0 saturated carbocycles. The molecule has 36 heavy (non-hydrogen) atoms. The second-order valence-corrected chi connectivity index (χ2v) is 11.1. The first-order valence-corrected chi connectivity index (χ1v) is 13.2. The van der Waals surface area contributed by atoms with Crippen molar-refractivity contribution in [3.05, 3.63) is 71.9 Å². The average Bonchev–Trinajstić information content (AvgIpc) is 3.59. The highest BCUT2D eigenvalue weighted by molar-refractivity contribution is 7.90. The first-order chi connectivity index (χ1) is 17.2. The molecule has 0 spiro atoms. The van der Waals surface area contributed by atoms with E-state index in [0.29, 0.717) is 42.0 Å². The van der Waals surface area contributed by atoms with Gasteiger partial charge in [0.2, 0.25) is 0 Å². The maximum Gasteiger partial charge on any atom is 0.260 e. The van der Waals surface area contributed by atoms with Gasteiger partial charge >= 0.3 is 0 Å². The van der Waals surface area contributed by atoms with Gasteiger partial charge in [0.05, 0.1) is 23.6 Å². The minimum absolute atomic E-state index is 0.0149. The zero-order valence-electron chi connectivity index (χ0n) is 19.1. The number of sulfone groups is 1. The molecule has 0 unspecified atom stereocenters. The van der Waals surface area contributed by atoms with E-state index in [1.807, 2.05) is 0 Å². The van der Waals surface area contributed by atoms with Gasteiger partial charge in [-0.05, 0) is 48.9 Å². The predicted molar refractivity (Wildman–Crippen MR) is 127 cm³/mol. The number of furan rings is 1. The number of likely N-dealkylation sites (tertiary alicyclic amines) is 1. The van der Waals surface area contributed by atoms with E-state index in [0.717, 1.165) is 12.3 Å². The van der Waals surface area contributed by atoms with Crippen molar-refractivity contribution in [3.8, 4) is 22.5 Å². The number of benzene rings is 2. The van der Waals surface area contributed by atoms with Crippen molar-refractivity contribution < 1.29 is 31.1 Å². The summed E-state index contributed by atoms with van der Waals surface area (Å²) in [6, 6.07) is 11.5. The van der Waals surface area contributed by atoms with E-state index in [2.05, 4.69) is 4.98 Å². The molecule has 2 fully saturated rings. The SMILES string of the molecule is CS(=O)(=O)c1ccc(-c2cc3nccc(-c4ccc(F)c(C(=O)N5C[C@H]6C[C@@H]5CO6)c4F)c3o2)cc1. The van der Waals surface area contributed by atoms with E-state index in [1.165, 1.54) is 29.3 Å². The van der Waals surface area contributed by atoms with Crippen LogP contribution in [-0.4, -0.2) is 55.8 Å². The second kappa shape index (κ2) is 8.21. The Labute approximate surface area is 205 Å². The molecule has 1 amide bonds. The molecule has 2 atom stereocenters. The molecule has 2 saturated heterocycles. The molecule has 4 aromatic rings. The number of nitrogens with zero attached hydrogens (tertiary/aromatic N) is 2. The number of carbonyl (C=O) groups excluding carboxylic acids is 1. The quantitative estimate of drug-likeness (QED) is 0.403. The molecule has 0 aliphatic carbocycles. The van der Waals surface area contributed by atoms with E-state index in [4.69, 9.17) is 9.15 Å². The molecule has 7 nitrogen and oxygen atoms in total. The first kappa shape index (κ1) is 22.8. The summed E-state index contributed by atoms with van der Waals surface area (Å²) in [6.45, 7) is 0.677. The van der Waals surface area contributed by atoms with Crippen molar-refractivity contribution >= 4 is 26.8 Å². The minimum atomic E-state index is -3.35. The normalized spacial score (nSPS) is 19.4. The lowest BCUT2D eigenvalue weighted by atomic mass is 10.0. The average molecular weight is 511 g/mol. The Hall–Kier alpha value is -3.63. The summed E-state index contributed by atoms with van der Waals surface area (Å²) in [7, 11) is -3.35. The van der Waals surface area contributed by atoms with Crippen LogP contribution >= 0.6 is 0 Å². The molecule has 2 aromatic carbocycles. The van der Waals surface area contributed by atoms with Gasteiger partial charge in [-0.15, -0.1) is 0 Å². The Morgan fingerprint density at radius 2 is 1.86 bits per heavy atom. The van der Waals surface area contributed by atoms with Gasteiger partial charge in [0.25, 0.3) is 5.91 Å². The van der Waals surface area contributed by atoms with Crippen LogP contribution in [0.1, 0.15) is 16.8 Å². The highest BCUT2D eigenvalue weighted by Gasteiger charge is 2.43. The van der Waals surface area contributed by atoms with E-state index in [-0.39, 0.29) is 28.2 Å². The fourth-order valence-corrected chi connectivity index (χ4v) is 5.54. The van der Waals surface area contributed by atoms with E-state index in [1.54, 1.807) is 24.3 Å². The number of pyridine rings is 1. The Bertz CT molecular complexity index is 1630. The molecule has 4 heterocycles. The van der Waals surface area contributed by atoms with Gasteiger partial charge in [0.1, 0.15) is 28.5 Å². The maximum absolute atomic E-state index is 15.7. The van der Waals surface area contributed by atoms with Crippen LogP contribution in [0.15, 0.2) is 64.0 Å². The third-order valence-electron chi connectivity index (χ3n) is 6.74. The van der Waals surface area contributed by atoms with Crippen molar-refractivity contribution in [3.63, 3.8) is 0 Å². The Morgan fingerprint density at radius 3 is 2.53 bits per heavy atom. The second-order valence-electron chi connectivity index (χ2n) is 9.07. The van der Waals surface area contributed by atoms with Crippen LogP contribution in [0.2, 0.25) is 0 Å². The number of hydrogen-bond acceptors (Lipinski definition) is 6. The van der Waals surface area contributed by atoms with Gasteiger partial charge in [0, 0.05) is 41.8 Å². The topological polar surface area (TPSA) is 89.7 Å². The molecule has 10 heteroatoms. The fourth-order valence-electron chi connectivity index (χ4n) is 4.91. The van der Waals surface area contributed by atoms with Gasteiger partial charge in [-0.1, -0.05) is 0 Å². The van der Waals surface area contributed by atoms with Crippen molar-refractivity contribution in [2.45, 2.75) is 23.5 Å². The number of ether oxygens (including phenoxy) is 1. The predicted octanol–water partition coefficient (Wildman–Crippen LogP) is 4.46. The summed E-state index contributed by atoms with van der Waals surface area (Å²) >= 11 is 0. The molecular weight excluding hydrogens is 490 g/mol. The molecule has 6 rings (SSSR count). The molecule has 2 bridgehead atoms. The lowest BCUT2D eigenvalue weighted by Gasteiger charge is -2.27. The first-order valence-electron chi connectivity index (χ1n) is 11.3. The van der Waals surface area contributed by atoms with Crippen molar-refractivity contribution in [1.29, 1.82) is 0 Å². The zero-order valence-corrected chi connectivity index (χ0v) is 19.9. The summed E-state index contributed by atoms with van der Waals surface area (Å²) < 4.78 is 65.5. The largest absolute Gasteiger partial charge is 0.454 e. The van der Waals surface area contributed by atoms with Crippen LogP contribution in [0, 0.1) is 11.6 Å². The van der Waals surface area contributed by atoms with Crippen molar-refractivity contribution in [1.82, 2.24) is 9.88 Å². The zero-order chi connectivity index (χ0) is 25.2. The molecule has 184 valence electrons. The minimum Gasteiger partial charge on any atom is -0.454 e. The molecule has 2 aliphatic rings. The van der Waals surface area contributed by atoms with Gasteiger partial charge in [-0.25, -0.2) is 17.2 Å². The molecule has 2 aromatic heterocycles. The lowest BCUT2D eigenvalue weighted by Crippen LogP contribution is -2.42. The number of carbonyl (C=O) groups is 1. The number of hydrogen-bond donors (Lipinski definition) is 0. The number of fused-ring (bicyclic) bond motifs is 3. The van der Waals surface area contributed by atoms with Crippen LogP contribution in [0.4, 0.5) is 8.78 Å². The van der Waals surface area contributed by atoms with Crippen LogP contribution in [-0.2, 0) is 14.6 Å². The summed E-state index contributed by atoms with van der Waals surface area (Å²) in [5, 5.41) is 0. The Kier molecular flexibility index (Phi) is 5.20. The number of aromatic nitrogens is 1. The summed E-state index contributed by atoms with van der Waals surface area (Å²) in [4.78, 5) is 19.1. The van der Waals surface area contributed by atoms with Crippen LogP contribution in [0.5, 0.6) is 0 Å². The van der Waals surface area contributed by atoms with Gasteiger partial charge in [-0.3, -0.25) is 9.78 Å². The number of halogens is 2. The third kappa shape index (κ3) is 3.68. The fraction of sp³-hybridized carbons (Fsp3) is 0.231. The van der Waals surface area contributed by atoms with Crippen LogP contribution < -0.4 is 0 Å². The van der Waals surface area contributed by atoms with Crippen LogP contribution in [0.25, 0.3) is 33.6 Å². The van der Waals surface area contributed by atoms with E-state index >= 15 is 4.39 Å². The summed E-state index contributed by atoms with van der Waals surface area (Å²) in [5.41, 5.74) is 1.02. The van der Waals surface area contributed by atoms with Gasteiger partial charge < -0.3 is 14.1 Å². The smallest absolute Gasteiger partial charge is 0.260 e. The highest BCUT2D eigenvalue weighted by atomic mass is 32.2. The van der Waals surface area contributed by atoms with Gasteiger partial charge in [-0.2, -0.15) is 0 Å². The summed E-state index contributed by atoms with van der Waals surface area (Å²) in [6.07, 6.45) is 3.17. The van der Waals surface area contributed by atoms with E-state index < -0.39 is 32.9 Å². The molecule has 0 N–H and O–H groups in total. The molecule has 0 radical (unpaired) electrons. The Morgan fingerprint density at radius 1 is 1.08 bits per heavy atom. The van der Waals surface area contributed by atoms with E-state index in [9.17, 15) is 17.6 Å². The highest BCUT2D eigenvalue weighted by Crippen LogP contribution is 2.37. The number of amides is 1. The monoisotopic (exact) mass is 510 g/mol. The Balaban J connectivity index is 1.41.